The molecule has 0 spiro atoms. The van der Waals surface area contributed by atoms with Crippen LogP contribution >= 0.6 is 31.9 Å². The summed E-state index contributed by atoms with van der Waals surface area (Å²) in [5.41, 5.74) is 6.53. The number of anilines is 2. The molecule has 177 valence electrons. The van der Waals surface area contributed by atoms with Crippen molar-refractivity contribution in [2.45, 2.75) is 0 Å². The van der Waals surface area contributed by atoms with E-state index < -0.39 is 0 Å². The van der Waals surface area contributed by atoms with Crippen LogP contribution in [0.4, 0.5) is 11.6 Å². The van der Waals surface area contributed by atoms with Crippen molar-refractivity contribution in [1.29, 1.82) is 0 Å². The molecule has 4 aromatic rings. The standard InChI is InChI=1S/2C12H10BrN3O.Mn/c2*13-10-5-4-9(11(17)7-10)8-15-16-12-3-1-2-6-14-12;/h2*1-8,17H,(H,14,16);/q;;+2/p-2/b2*15-8+;. The van der Waals surface area contributed by atoms with Gasteiger partial charge in [0, 0.05) is 21.3 Å². The maximum absolute atomic E-state index is 11.5. The average Bonchev–Trinajstić information content (AvgIpc) is 2.84. The van der Waals surface area contributed by atoms with Crippen LogP contribution < -0.4 is 21.1 Å². The Kier molecular flexibility index (Phi) is 11.9. The van der Waals surface area contributed by atoms with Crippen LogP contribution in [0.5, 0.6) is 11.5 Å². The molecule has 1 radical (unpaired) electrons. The van der Waals surface area contributed by atoms with E-state index in [0.29, 0.717) is 22.8 Å². The van der Waals surface area contributed by atoms with Crippen molar-refractivity contribution in [3.8, 4) is 11.5 Å². The van der Waals surface area contributed by atoms with E-state index >= 15 is 0 Å². The molecule has 0 aliphatic heterocycles. The summed E-state index contributed by atoms with van der Waals surface area (Å²) in [6.45, 7) is 0. The van der Waals surface area contributed by atoms with Gasteiger partial charge in [0.25, 0.3) is 0 Å². The van der Waals surface area contributed by atoms with Crippen molar-refractivity contribution in [3.05, 3.63) is 105 Å². The molecule has 4 rings (SSSR count). The Balaban J connectivity index is 0.000000240. The molecule has 0 unspecified atom stereocenters. The molecule has 0 fully saturated rings. The van der Waals surface area contributed by atoms with Crippen LogP contribution in [0.1, 0.15) is 11.1 Å². The predicted molar refractivity (Wildman–Crippen MR) is 138 cm³/mol. The number of nitrogens with one attached hydrogen (secondary N) is 2. The first-order valence-corrected chi connectivity index (χ1v) is 11.4. The normalized spacial score (nSPS) is 10.3. The van der Waals surface area contributed by atoms with Gasteiger partial charge in [-0.15, -0.1) is 0 Å². The summed E-state index contributed by atoms with van der Waals surface area (Å²) < 4.78 is 1.52. The van der Waals surface area contributed by atoms with Gasteiger partial charge in [0.05, 0.1) is 12.4 Å². The Bertz CT molecular complexity index is 1160. The average molecular weight is 637 g/mol. The van der Waals surface area contributed by atoms with Gasteiger partial charge >= 0.3 is 17.1 Å². The van der Waals surface area contributed by atoms with Crippen molar-refractivity contribution >= 4 is 55.9 Å². The molecule has 2 aromatic carbocycles. The van der Waals surface area contributed by atoms with Gasteiger partial charge in [-0.05, 0) is 47.5 Å². The van der Waals surface area contributed by atoms with Crippen molar-refractivity contribution in [1.82, 2.24) is 9.97 Å². The molecule has 0 saturated heterocycles. The second-order valence-electron chi connectivity index (χ2n) is 6.53. The van der Waals surface area contributed by atoms with Crippen molar-refractivity contribution in [2.24, 2.45) is 10.2 Å². The topological polar surface area (TPSA) is 121 Å². The molecule has 2 N–H and O–H groups in total. The first-order chi connectivity index (χ1) is 16.5. The van der Waals surface area contributed by atoms with E-state index in [4.69, 9.17) is 0 Å². The number of pyridine rings is 2. The molecule has 35 heavy (non-hydrogen) atoms. The zero-order chi connectivity index (χ0) is 24.2. The third kappa shape index (κ3) is 9.87. The molecule has 0 bridgehead atoms. The van der Waals surface area contributed by atoms with E-state index in [9.17, 15) is 10.2 Å². The van der Waals surface area contributed by atoms with E-state index in [2.05, 4.69) is 62.9 Å². The largest absolute Gasteiger partial charge is 2.00 e. The van der Waals surface area contributed by atoms with Gasteiger partial charge in [-0.2, -0.15) is 10.2 Å². The number of benzene rings is 2. The quantitative estimate of drug-likeness (QED) is 0.179. The minimum Gasteiger partial charge on any atom is -0.872 e. The van der Waals surface area contributed by atoms with Gasteiger partial charge in [-0.25, -0.2) is 9.97 Å². The fourth-order valence-electron chi connectivity index (χ4n) is 2.42. The van der Waals surface area contributed by atoms with Crippen LogP contribution in [-0.2, 0) is 17.1 Å². The van der Waals surface area contributed by atoms with Crippen molar-refractivity contribution in [2.75, 3.05) is 10.9 Å². The van der Waals surface area contributed by atoms with E-state index in [1.165, 1.54) is 24.6 Å². The molecule has 0 saturated carbocycles. The maximum atomic E-state index is 11.5. The third-order valence-corrected chi connectivity index (χ3v) is 5.03. The van der Waals surface area contributed by atoms with E-state index in [1.54, 1.807) is 48.8 Å². The fourth-order valence-corrected chi connectivity index (χ4v) is 3.10. The molecule has 11 heteroatoms. The van der Waals surface area contributed by atoms with Gasteiger partial charge in [0.1, 0.15) is 11.6 Å². The Morgan fingerprint density at radius 1 is 0.657 bits per heavy atom. The Morgan fingerprint density at radius 3 is 1.43 bits per heavy atom. The fraction of sp³-hybridized carbons (Fsp3) is 0. The third-order valence-electron chi connectivity index (χ3n) is 4.05. The van der Waals surface area contributed by atoms with Crippen LogP contribution in [0.2, 0.25) is 0 Å². The van der Waals surface area contributed by atoms with Crippen LogP contribution in [-0.4, -0.2) is 22.4 Å². The van der Waals surface area contributed by atoms with Gasteiger partial charge in [-0.3, -0.25) is 10.9 Å². The van der Waals surface area contributed by atoms with Crippen LogP contribution in [0.15, 0.2) is 104 Å². The van der Waals surface area contributed by atoms with Gasteiger partial charge in [0.2, 0.25) is 0 Å². The Hall–Kier alpha value is -3.24. The summed E-state index contributed by atoms with van der Waals surface area (Å²) in [5, 5.41) is 30.9. The number of rotatable bonds is 6. The predicted octanol–water partition coefficient (Wildman–Crippen LogP) is 4.72. The van der Waals surface area contributed by atoms with Crippen molar-refractivity contribution < 1.29 is 27.3 Å². The second kappa shape index (κ2) is 14.9. The molecule has 0 amide bonds. The van der Waals surface area contributed by atoms with Gasteiger partial charge < -0.3 is 10.2 Å². The Labute approximate surface area is 230 Å². The summed E-state index contributed by atoms with van der Waals surface area (Å²) in [6.07, 6.45) is 6.28. The molecular weight excluding hydrogens is 619 g/mol. The summed E-state index contributed by atoms with van der Waals surface area (Å²) in [7, 11) is 0. The zero-order valence-corrected chi connectivity index (χ0v) is 22.3. The molecule has 2 aromatic heterocycles. The maximum Gasteiger partial charge on any atom is 2.00 e. The smallest absolute Gasteiger partial charge is 0.872 e. The molecule has 8 nitrogen and oxygen atoms in total. The molecule has 0 atom stereocenters. The Morgan fingerprint density at radius 2 is 1.09 bits per heavy atom. The number of halogens is 2. The molecule has 0 aliphatic rings. The van der Waals surface area contributed by atoms with Crippen LogP contribution in [0.3, 0.4) is 0 Å². The summed E-state index contributed by atoms with van der Waals surface area (Å²) >= 11 is 6.46. The first-order valence-electron chi connectivity index (χ1n) is 9.84. The van der Waals surface area contributed by atoms with Crippen molar-refractivity contribution in [3.63, 3.8) is 0 Å². The van der Waals surface area contributed by atoms with E-state index in [-0.39, 0.29) is 28.6 Å². The number of nitrogens with zero attached hydrogens (tertiary/aromatic N) is 4. The SMILES string of the molecule is [Mn+2].[O-]c1cc(Br)ccc1/C=N/Nc1ccccn1.[O-]c1cc(Br)ccc1/C=N/Nc1ccccn1. The molecular formula is C24H18Br2MnN6O2. The monoisotopic (exact) mass is 635 g/mol. The summed E-state index contributed by atoms with van der Waals surface area (Å²) in [4.78, 5) is 8.07. The number of aromatic nitrogens is 2. The number of hydrogen-bond acceptors (Lipinski definition) is 8. The molecule has 2 heterocycles. The summed E-state index contributed by atoms with van der Waals surface area (Å²) in [5.74, 6) is 1.11. The van der Waals surface area contributed by atoms with Crippen LogP contribution in [0, 0.1) is 0 Å². The molecule has 0 aliphatic carbocycles. The zero-order valence-electron chi connectivity index (χ0n) is 18.0. The van der Waals surface area contributed by atoms with E-state index in [0.717, 1.165) is 8.95 Å². The van der Waals surface area contributed by atoms with Crippen LogP contribution in [0.25, 0.3) is 0 Å². The van der Waals surface area contributed by atoms with Gasteiger partial charge in [0.15, 0.2) is 0 Å². The number of hydrogen-bond donors (Lipinski definition) is 2. The minimum absolute atomic E-state index is 0. The summed E-state index contributed by atoms with van der Waals surface area (Å²) in [6, 6.07) is 20.9. The van der Waals surface area contributed by atoms with E-state index in [1.807, 2.05) is 24.3 Å². The first kappa shape index (κ1) is 28.0. The van der Waals surface area contributed by atoms with Gasteiger partial charge in [-0.1, -0.05) is 79.8 Å². The minimum atomic E-state index is -0.0778. The number of hydrazone groups is 2. The second-order valence-corrected chi connectivity index (χ2v) is 8.37.